The van der Waals surface area contributed by atoms with Gasteiger partial charge in [-0.15, -0.1) is 0 Å². The Hall–Kier alpha value is -1.86. The molecule has 0 aromatic heterocycles. The van der Waals surface area contributed by atoms with Crippen LogP contribution in [0.25, 0.3) is 0 Å². The number of ketones is 1. The third-order valence-corrected chi connectivity index (χ3v) is 8.95. The van der Waals surface area contributed by atoms with E-state index in [-0.39, 0.29) is 17.6 Å². The SMILES string of the molecule is CC1=C(CSCC(C)C(=O)N2CCC[C@H]2C(=O)O)C2=C(C)C3(CC3)[C@@](C)(O)C(=O)C2=C1. The lowest BCUT2D eigenvalue weighted by Gasteiger charge is -2.39. The topological polar surface area (TPSA) is 94.9 Å². The van der Waals surface area contributed by atoms with Crippen molar-refractivity contribution in [1.82, 2.24) is 4.90 Å². The van der Waals surface area contributed by atoms with Gasteiger partial charge >= 0.3 is 5.97 Å². The van der Waals surface area contributed by atoms with Crippen LogP contribution < -0.4 is 0 Å². The van der Waals surface area contributed by atoms with E-state index in [9.17, 15) is 24.6 Å². The van der Waals surface area contributed by atoms with E-state index in [1.54, 1.807) is 18.7 Å². The van der Waals surface area contributed by atoms with Gasteiger partial charge in [-0.3, -0.25) is 9.59 Å². The monoisotopic (exact) mass is 445 g/mol. The highest BCUT2D eigenvalue weighted by Gasteiger charge is 2.65. The van der Waals surface area contributed by atoms with Crippen LogP contribution >= 0.6 is 11.8 Å². The molecule has 1 saturated heterocycles. The molecule has 3 aliphatic carbocycles. The third-order valence-electron chi connectivity index (χ3n) is 7.73. The lowest BCUT2D eigenvalue weighted by atomic mass is 9.67. The zero-order valence-corrected chi connectivity index (χ0v) is 19.5. The molecule has 31 heavy (non-hydrogen) atoms. The number of amides is 1. The number of carboxylic acid groups (broad SMARTS) is 1. The number of likely N-dealkylation sites (tertiary alicyclic amines) is 1. The summed E-state index contributed by atoms with van der Waals surface area (Å²) in [5.74, 6) is -0.184. The first-order valence-corrected chi connectivity index (χ1v) is 12.2. The first kappa shape index (κ1) is 22.3. The molecule has 0 radical (unpaired) electrons. The molecule has 7 heteroatoms. The number of hydrogen-bond donors (Lipinski definition) is 2. The molecule has 1 amide bonds. The Balaban J connectivity index is 1.44. The molecule has 1 spiro atoms. The average molecular weight is 446 g/mol. The van der Waals surface area contributed by atoms with Crippen molar-refractivity contribution in [1.29, 1.82) is 0 Å². The fourth-order valence-corrected chi connectivity index (χ4v) is 6.77. The van der Waals surface area contributed by atoms with E-state index < -0.39 is 23.0 Å². The highest BCUT2D eigenvalue weighted by molar-refractivity contribution is 7.99. The fourth-order valence-electron chi connectivity index (χ4n) is 5.58. The number of carboxylic acids is 1. The van der Waals surface area contributed by atoms with Crippen molar-refractivity contribution in [2.45, 2.75) is 65.0 Å². The molecule has 0 aromatic carbocycles. The number of rotatable bonds is 6. The van der Waals surface area contributed by atoms with Gasteiger partial charge < -0.3 is 15.1 Å². The largest absolute Gasteiger partial charge is 0.480 e. The summed E-state index contributed by atoms with van der Waals surface area (Å²) in [7, 11) is 0. The van der Waals surface area contributed by atoms with Crippen LogP contribution in [0.1, 0.15) is 53.4 Å². The maximum absolute atomic E-state index is 13.0. The summed E-state index contributed by atoms with van der Waals surface area (Å²) in [4.78, 5) is 38.7. The Bertz CT molecular complexity index is 953. The van der Waals surface area contributed by atoms with Crippen LogP contribution in [0.2, 0.25) is 0 Å². The fraction of sp³-hybridized carbons (Fsp3) is 0.625. The van der Waals surface area contributed by atoms with Crippen molar-refractivity contribution in [2.24, 2.45) is 11.3 Å². The highest BCUT2D eigenvalue weighted by Crippen LogP contribution is 2.65. The van der Waals surface area contributed by atoms with Crippen LogP contribution in [0.15, 0.2) is 33.9 Å². The normalized spacial score (nSPS) is 30.1. The van der Waals surface area contributed by atoms with E-state index in [0.29, 0.717) is 30.0 Å². The third kappa shape index (κ3) is 3.32. The first-order valence-electron chi connectivity index (χ1n) is 11.0. The second kappa shape index (κ2) is 7.62. The lowest BCUT2D eigenvalue weighted by molar-refractivity contribution is -0.149. The van der Waals surface area contributed by atoms with Crippen molar-refractivity contribution in [2.75, 3.05) is 18.1 Å². The summed E-state index contributed by atoms with van der Waals surface area (Å²) in [6.45, 7) is 8.07. The number of aliphatic hydroxyl groups is 1. The molecule has 4 aliphatic rings. The number of Topliss-reactive ketones (excluding diaryl/α,β-unsaturated/α-hetero) is 1. The summed E-state index contributed by atoms with van der Waals surface area (Å²) in [5.41, 5.74) is 3.14. The molecule has 0 bridgehead atoms. The predicted octanol–water partition coefficient (Wildman–Crippen LogP) is 3.12. The molecular weight excluding hydrogens is 414 g/mol. The Morgan fingerprint density at radius 3 is 2.61 bits per heavy atom. The molecule has 2 N–H and O–H groups in total. The predicted molar refractivity (Wildman–Crippen MR) is 120 cm³/mol. The molecule has 168 valence electrons. The van der Waals surface area contributed by atoms with Crippen molar-refractivity contribution in [3.63, 3.8) is 0 Å². The number of thioether (sulfide) groups is 1. The quantitative estimate of drug-likeness (QED) is 0.652. The van der Waals surface area contributed by atoms with Crippen LogP contribution in [0.3, 0.4) is 0 Å². The number of nitrogens with zero attached hydrogens (tertiary/aromatic N) is 1. The van der Waals surface area contributed by atoms with Crippen LogP contribution in [-0.4, -0.2) is 62.5 Å². The van der Waals surface area contributed by atoms with Crippen molar-refractivity contribution in [3.05, 3.63) is 33.9 Å². The smallest absolute Gasteiger partial charge is 0.326 e. The zero-order chi connectivity index (χ0) is 22.7. The number of carbonyl (C=O) groups excluding carboxylic acids is 2. The number of carbonyl (C=O) groups is 3. The molecule has 4 rings (SSSR count). The Morgan fingerprint density at radius 1 is 1.32 bits per heavy atom. The van der Waals surface area contributed by atoms with Crippen LogP contribution in [0, 0.1) is 11.3 Å². The van der Waals surface area contributed by atoms with Gasteiger partial charge in [0.2, 0.25) is 5.91 Å². The number of fused-ring (bicyclic) bond motifs is 1. The van der Waals surface area contributed by atoms with Crippen molar-refractivity contribution < 1.29 is 24.6 Å². The van der Waals surface area contributed by atoms with E-state index in [1.807, 2.05) is 26.8 Å². The minimum Gasteiger partial charge on any atom is -0.480 e. The van der Waals surface area contributed by atoms with Gasteiger partial charge in [0, 0.05) is 35.0 Å². The maximum Gasteiger partial charge on any atom is 0.326 e. The van der Waals surface area contributed by atoms with E-state index >= 15 is 0 Å². The van der Waals surface area contributed by atoms with Gasteiger partial charge in [-0.05, 0) is 69.2 Å². The second-order valence-electron chi connectivity index (χ2n) is 9.65. The lowest BCUT2D eigenvalue weighted by Crippen LogP contribution is -2.49. The molecule has 2 fully saturated rings. The molecular formula is C24H31NO5S. The van der Waals surface area contributed by atoms with Gasteiger partial charge in [0.05, 0.1) is 0 Å². The molecule has 6 nitrogen and oxygen atoms in total. The molecule has 1 saturated carbocycles. The Labute approximate surface area is 187 Å². The first-order chi connectivity index (χ1) is 14.5. The number of allylic oxidation sites excluding steroid dienone is 3. The van der Waals surface area contributed by atoms with Gasteiger partial charge in [-0.2, -0.15) is 11.8 Å². The van der Waals surface area contributed by atoms with Crippen molar-refractivity contribution >= 4 is 29.4 Å². The second-order valence-corrected chi connectivity index (χ2v) is 10.7. The number of hydrogen-bond acceptors (Lipinski definition) is 5. The van der Waals surface area contributed by atoms with E-state index in [1.165, 1.54) is 4.90 Å². The summed E-state index contributed by atoms with van der Waals surface area (Å²) < 4.78 is 0. The molecule has 1 aliphatic heterocycles. The van der Waals surface area contributed by atoms with Gasteiger partial charge in [-0.1, -0.05) is 12.5 Å². The van der Waals surface area contributed by atoms with Crippen LogP contribution in [0.4, 0.5) is 0 Å². The molecule has 0 aromatic rings. The van der Waals surface area contributed by atoms with E-state index in [0.717, 1.165) is 41.6 Å². The molecule has 1 unspecified atom stereocenters. The zero-order valence-electron chi connectivity index (χ0n) is 18.7. The minimum atomic E-state index is -1.34. The maximum atomic E-state index is 13.0. The number of aliphatic carboxylic acids is 1. The van der Waals surface area contributed by atoms with Crippen LogP contribution in [0.5, 0.6) is 0 Å². The standard InChI is InChI=1S/C24H31NO5S/c1-13-10-16-19(15(3)24(7-8-24)23(4,30)20(16)26)17(13)12-31-11-14(2)21(27)25-9-5-6-18(25)22(28)29/h10,14,18,30H,5-9,11-12H2,1-4H3,(H,28,29)/t14?,18-,23-/m0/s1. The minimum absolute atomic E-state index is 0.0930. The average Bonchev–Trinajstić information content (AvgIpc) is 3.27. The Kier molecular flexibility index (Phi) is 5.49. The van der Waals surface area contributed by atoms with E-state index in [4.69, 9.17) is 0 Å². The Morgan fingerprint density at radius 2 is 2.00 bits per heavy atom. The summed E-state index contributed by atoms with van der Waals surface area (Å²) in [5, 5.41) is 20.3. The summed E-state index contributed by atoms with van der Waals surface area (Å²) in [6, 6.07) is -0.699. The summed E-state index contributed by atoms with van der Waals surface area (Å²) >= 11 is 1.64. The van der Waals surface area contributed by atoms with Gasteiger partial charge in [-0.25, -0.2) is 4.79 Å². The highest BCUT2D eigenvalue weighted by atomic mass is 32.2. The van der Waals surface area contributed by atoms with E-state index in [2.05, 4.69) is 0 Å². The van der Waals surface area contributed by atoms with Crippen LogP contribution in [-0.2, 0) is 14.4 Å². The van der Waals surface area contributed by atoms with Crippen molar-refractivity contribution in [3.8, 4) is 0 Å². The van der Waals surface area contributed by atoms with Gasteiger partial charge in [0.15, 0.2) is 5.78 Å². The van der Waals surface area contributed by atoms with Gasteiger partial charge in [0.25, 0.3) is 0 Å². The molecule has 1 heterocycles. The molecule has 3 atom stereocenters. The van der Waals surface area contributed by atoms with Gasteiger partial charge in [0.1, 0.15) is 11.6 Å². The summed E-state index contributed by atoms with van der Waals surface area (Å²) in [6.07, 6.45) is 4.82.